The molecule has 1 aliphatic rings. The molecule has 0 fully saturated rings. The van der Waals surface area contributed by atoms with Gasteiger partial charge in [0, 0.05) is 6.42 Å². The molecule has 0 spiro atoms. The number of fused-ring (bicyclic) bond motifs is 1. The topological polar surface area (TPSA) is 34.9 Å². The fourth-order valence-electron chi connectivity index (χ4n) is 2.46. The molecule has 92 valence electrons. The molecular formula is C14H13FN2O. The van der Waals surface area contributed by atoms with Crippen LogP contribution in [0.1, 0.15) is 29.4 Å². The van der Waals surface area contributed by atoms with E-state index >= 15 is 0 Å². The van der Waals surface area contributed by atoms with E-state index in [-0.39, 0.29) is 11.6 Å². The number of aromatic nitrogens is 2. The number of nitrogens with zero attached hydrogens (tertiary/aromatic N) is 2. The van der Waals surface area contributed by atoms with Crippen molar-refractivity contribution in [3.05, 3.63) is 47.5 Å². The summed E-state index contributed by atoms with van der Waals surface area (Å²) >= 11 is 0. The second-order valence-electron chi connectivity index (χ2n) is 4.83. The molecule has 4 heteroatoms. The van der Waals surface area contributed by atoms with Gasteiger partial charge in [0.15, 0.2) is 5.78 Å². The van der Waals surface area contributed by atoms with Gasteiger partial charge in [-0.15, -0.1) is 0 Å². The fraction of sp³-hybridized carbons (Fsp3) is 0.286. The van der Waals surface area contributed by atoms with Gasteiger partial charge < -0.3 is 0 Å². The lowest BCUT2D eigenvalue weighted by Gasteiger charge is -2.18. The van der Waals surface area contributed by atoms with Gasteiger partial charge in [0.05, 0.1) is 23.1 Å². The van der Waals surface area contributed by atoms with E-state index in [1.807, 2.05) is 6.92 Å². The maximum Gasteiger partial charge on any atom is 0.166 e. The van der Waals surface area contributed by atoms with Gasteiger partial charge >= 0.3 is 0 Å². The van der Waals surface area contributed by atoms with Gasteiger partial charge in [0.2, 0.25) is 0 Å². The van der Waals surface area contributed by atoms with Gasteiger partial charge in [-0.05, 0) is 30.5 Å². The third kappa shape index (κ3) is 1.74. The van der Waals surface area contributed by atoms with Crippen LogP contribution in [0.15, 0.2) is 30.5 Å². The number of ketones is 1. The first kappa shape index (κ1) is 11.1. The average Bonchev–Trinajstić information content (AvgIpc) is 2.72. The van der Waals surface area contributed by atoms with Crippen molar-refractivity contribution < 1.29 is 9.18 Å². The smallest absolute Gasteiger partial charge is 0.166 e. The molecule has 18 heavy (non-hydrogen) atoms. The molecule has 0 aliphatic heterocycles. The number of rotatable bonds is 1. The summed E-state index contributed by atoms with van der Waals surface area (Å²) in [5.41, 5.74) is 2.24. The van der Waals surface area contributed by atoms with E-state index in [0.717, 1.165) is 12.1 Å². The van der Waals surface area contributed by atoms with Crippen molar-refractivity contribution in [2.45, 2.75) is 19.8 Å². The lowest BCUT2D eigenvalue weighted by Crippen LogP contribution is -2.19. The van der Waals surface area contributed by atoms with Crippen LogP contribution in [0.5, 0.6) is 0 Å². The van der Waals surface area contributed by atoms with Crippen molar-refractivity contribution in [2.24, 2.45) is 5.92 Å². The minimum Gasteiger partial charge on any atom is -0.294 e. The minimum atomic E-state index is -0.299. The van der Waals surface area contributed by atoms with Crippen molar-refractivity contribution in [1.82, 2.24) is 9.78 Å². The maximum atomic E-state index is 13.2. The number of Topliss-reactive ketones (excluding diaryl/α,β-unsaturated/α-hetero) is 1. The van der Waals surface area contributed by atoms with E-state index in [1.165, 1.54) is 12.1 Å². The molecule has 2 aromatic rings. The Bertz CT molecular complexity index is 618. The zero-order valence-electron chi connectivity index (χ0n) is 10.1. The monoisotopic (exact) mass is 244 g/mol. The fourth-order valence-corrected chi connectivity index (χ4v) is 2.46. The molecule has 3 rings (SSSR count). The van der Waals surface area contributed by atoms with Gasteiger partial charge in [-0.25, -0.2) is 9.07 Å². The molecule has 1 heterocycles. The molecule has 0 saturated carbocycles. The summed E-state index contributed by atoms with van der Waals surface area (Å²) in [5, 5.41) is 4.22. The van der Waals surface area contributed by atoms with E-state index in [9.17, 15) is 9.18 Å². The summed E-state index contributed by atoms with van der Waals surface area (Å²) in [6, 6.07) is 6.26. The van der Waals surface area contributed by atoms with Crippen molar-refractivity contribution in [3.63, 3.8) is 0 Å². The van der Waals surface area contributed by atoms with Crippen molar-refractivity contribution in [2.75, 3.05) is 0 Å². The SMILES string of the molecule is C[C@@H]1CC(=O)c2cnn(-c3cccc(F)c3)c2C1. The first-order chi connectivity index (χ1) is 8.65. The zero-order valence-corrected chi connectivity index (χ0v) is 10.1. The van der Waals surface area contributed by atoms with E-state index in [0.29, 0.717) is 23.6 Å². The van der Waals surface area contributed by atoms with Crippen LogP contribution in [-0.4, -0.2) is 15.6 Å². The zero-order chi connectivity index (χ0) is 12.7. The van der Waals surface area contributed by atoms with E-state index in [4.69, 9.17) is 0 Å². The summed E-state index contributed by atoms with van der Waals surface area (Å²) in [7, 11) is 0. The van der Waals surface area contributed by atoms with E-state index < -0.39 is 0 Å². The Morgan fingerprint density at radius 3 is 3.00 bits per heavy atom. The number of hydrogen-bond donors (Lipinski definition) is 0. The standard InChI is InChI=1S/C14H13FN2O/c1-9-5-13-12(14(18)6-9)8-16-17(13)11-4-2-3-10(15)7-11/h2-4,7-9H,5-6H2,1H3/t9-/m0/s1. The van der Waals surface area contributed by atoms with Crippen LogP contribution in [0, 0.1) is 11.7 Å². The number of halogens is 1. The Kier molecular flexibility index (Phi) is 2.51. The summed E-state index contributed by atoms with van der Waals surface area (Å²) < 4.78 is 14.9. The summed E-state index contributed by atoms with van der Waals surface area (Å²) in [6.07, 6.45) is 2.97. The Hall–Kier alpha value is -1.97. The molecule has 1 aromatic heterocycles. The minimum absolute atomic E-state index is 0.131. The number of carbonyl (C=O) groups excluding carboxylic acids is 1. The van der Waals surface area contributed by atoms with Crippen LogP contribution in [0.3, 0.4) is 0 Å². The lowest BCUT2D eigenvalue weighted by molar-refractivity contribution is 0.0952. The Labute approximate surface area is 104 Å². The van der Waals surface area contributed by atoms with Gasteiger partial charge in [-0.3, -0.25) is 4.79 Å². The molecular weight excluding hydrogens is 231 g/mol. The predicted octanol–water partition coefficient (Wildman–Crippen LogP) is 2.78. The first-order valence-corrected chi connectivity index (χ1v) is 6.01. The molecule has 0 bridgehead atoms. The van der Waals surface area contributed by atoms with E-state index in [1.54, 1.807) is 23.0 Å². The molecule has 1 atom stereocenters. The number of hydrogen-bond acceptors (Lipinski definition) is 2. The summed E-state index contributed by atoms with van der Waals surface area (Å²) in [4.78, 5) is 11.9. The largest absolute Gasteiger partial charge is 0.294 e. The summed E-state index contributed by atoms with van der Waals surface area (Å²) in [5.74, 6) is 0.146. The lowest BCUT2D eigenvalue weighted by atomic mass is 9.88. The molecule has 0 N–H and O–H groups in total. The third-order valence-electron chi connectivity index (χ3n) is 3.30. The second-order valence-corrected chi connectivity index (χ2v) is 4.83. The Morgan fingerprint density at radius 1 is 1.39 bits per heavy atom. The molecule has 3 nitrogen and oxygen atoms in total. The van der Waals surface area contributed by atoms with Crippen LogP contribution in [0.2, 0.25) is 0 Å². The number of benzene rings is 1. The quantitative estimate of drug-likeness (QED) is 0.773. The highest BCUT2D eigenvalue weighted by molar-refractivity contribution is 5.98. The van der Waals surface area contributed by atoms with Gasteiger partial charge in [0.1, 0.15) is 5.82 Å². The predicted molar refractivity (Wildman–Crippen MR) is 65.3 cm³/mol. The third-order valence-corrected chi connectivity index (χ3v) is 3.30. The van der Waals surface area contributed by atoms with Crippen LogP contribution >= 0.6 is 0 Å². The van der Waals surface area contributed by atoms with Crippen molar-refractivity contribution in [1.29, 1.82) is 0 Å². The normalized spacial score (nSPS) is 18.8. The molecule has 1 aliphatic carbocycles. The van der Waals surface area contributed by atoms with Gasteiger partial charge in [0.25, 0.3) is 0 Å². The summed E-state index contributed by atoms with van der Waals surface area (Å²) in [6.45, 7) is 2.05. The van der Waals surface area contributed by atoms with E-state index in [2.05, 4.69) is 5.10 Å². The van der Waals surface area contributed by atoms with Crippen LogP contribution < -0.4 is 0 Å². The Morgan fingerprint density at radius 2 is 2.22 bits per heavy atom. The van der Waals surface area contributed by atoms with Gasteiger partial charge in [-0.2, -0.15) is 5.10 Å². The molecule has 0 unspecified atom stereocenters. The second kappa shape index (κ2) is 4.05. The molecule has 0 radical (unpaired) electrons. The van der Waals surface area contributed by atoms with Crippen molar-refractivity contribution in [3.8, 4) is 5.69 Å². The number of carbonyl (C=O) groups is 1. The molecule has 1 aromatic carbocycles. The highest BCUT2D eigenvalue weighted by atomic mass is 19.1. The Balaban J connectivity index is 2.12. The van der Waals surface area contributed by atoms with Crippen LogP contribution in [-0.2, 0) is 6.42 Å². The van der Waals surface area contributed by atoms with Crippen molar-refractivity contribution >= 4 is 5.78 Å². The molecule has 0 amide bonds. The average molecular weight is 244 g/mol. The van der Waals surface area contributed by atoms with Gasteiger partial charge in [-0.1, -0.05) is 13.0 Å². The highest BCUT2D eigenvalue weighted by Crippen LogP contribution is 2.27. The van der Waals surface area contributed by atoms with Crippen LogP contribution in [0.4, 0.5) is 4.39 Å². The first-order valence-electron chi connectivity index (χ1n) is 6.01. The molecule has 0 saturated heterocycles. The maximum absolute atomic E-state index is 13.2. The van der Waals surface area contributed by atoms with Crippen LogP contribution in [0.25, 0.3) is 5.69 Å². The highest BCUT2D eigenvalue weighted by Gasteiger charge is 2.26.